The molecule has 0 bridgehead atoms. The van der Waals surface area contributed by atoms with Gasteiger partial charge in [0, 0.05) is 18.3 Å². The van der Waals surface area contributed by atoms with Gasteiger partial charge in [0.25, 0.3) is 0 Å². The van der Waals surface area contributed by atoms with E-state index >= 15 is 0 Å². The van der Waals surface area contributed by atoms with Crippen LogP contribution in [0.2, 0.25) is 0 Å². The molecule has 1 saturated carbocycles. The van der Waals surface area contributed by atoms with E-state index in [9.17, 15) is 0 Å². The predicted octanol–water partition coefficient (Wildman–Crippen LogP) is 2.83. The second-order valence-corrected chi connectivity index (χ2v) is 5.29. The highest BCUT2D eigenvalue weighted by Crippen LogP contribution is 2.60. The normalized spacial score (nSPS) is 21.4. The summed E-state index contributed by atoms with van der Waals surface area (Å²) in [6.07, 6.45) is 4.64. The minimum absolute atomic E-state index is 0.311. The van der Waals surface area contributed by atoms with Crippen molar-refractivity contribution in [2.24, 2.45) is 5.41 Å². The first kappa shape index (κ1) is 10.3. The second kappa shape index (κ2) is 3.32. The van der Waals surface area contributed by atoms with Gasteiger partial charge in [-0.2, -0.15) is 0 Å². The molecule has 1 aliphatic rings. The standard InChI is InChI=1S/C13H15N3O/c1-13(2)7-9(13)11-10(12(14)17-16-11)8-3-5-15-6-4-8/h3-6,9H,7,14H2,1-2H3. The molecule has 0 spiro atoms. The lowest BCUT2D eigenvalue weighted by atomic mass is 10.0. The van der Waals surface area contributed by atoms with E-state index in [0.717, 1.165) is 23.2 Å². The van der Waals surface area contributed by atoms with E-state index in [0.29, 0.717) is 17.2 Å². The molecule has 3 rings (SSSR count). The van der Waals surface area contributed by atoms with E-state index in [2.05, 4.69) is 24.0 Å². The Morgan fingerprint density at radius 2 is 2.00 bits per heavy atom. The molecule has 2 aromatic heterocycles. The first-order valence-electron chi connectivity index (χ1n) is 5.75. The summed E-state index contributed by atoms with van der Waals surface area (Å²) < 4.78 is 5.15. The zero-order chi connectivity index (χ0) is 12.0. The summed E-state index contributed by atoms with van der Waals surface area (Å²) in [6.45, 7) is 4.47. The molecule has 0 aromatic carbocycles. The molecule has 1 atom stereocenters. The van der Waals surface area contributed by atoms with Crippen LogP contribution in [0.1, 0.15) is 31.9 Å². The lowest BCUT2D eigenvalue weighted by molar-refractivity contribution is 0.424. The number of nitrogens with zero attached hydrogens (tertiary/aromatic N) is 2. The van der Waals surface area contributed by atoms with Crippen LogP contribution < -0.4 is 5.73 Å². The van der Waals surface area contributed by atoms with Gasteiger partial charge in [0.2, 0.25) is 5.88 Å². The predicted molar refractivity (Wildman–Crippen MR) is 65.3 cm³/mol. The van der Waals surface area contributed by atoms with Gasteiger partial charge in [0.05, 0.1) is 11.3 Å². The zero-order valence-corrected chi connectivity index (χ0v) is 9.97. The van der Waals surface area contributed by atoms with Crippen LogP contribution in [0.15, 0.2) is 29.0 Å². The molecule has 1 unspecified atom stereocenters. The Bertz CT molecular complexity index is 545. The Balaban J connectivity index is 2.08. The molecule has 0 saturated heterocycles. The van der Waals surface area contributed by atoms with Crippen LogP contribution in [0.25, 0.3) is 11.1 Å². The number of nitrogen functional groups attached to an aromatic ring is 1. The lowest BCUT2D eigenvalue weighted by Crippen LogP contribution is -1.94. The van der Waals surface area contributed by atoms with Crippen molar-refractivity contribution in [2.45, 2.75) is 26.2 Å². The third-order valence-corrected chi connectivity index (χ3v) is 3.56. The molecule has 0 aliphatic heterocycles. The van der Waals surface area contributed by atoms with Crippen molar-refractivity contribution in [2.75, 3.05) is 5.73 Å². The average Bonchev–Trinajstić information content (AvgIpc) is 2.78. The van der Waals surface area contributed by atoms with Gasteiger partial charge in [-0.3, -0.25) is 4.98 Å². The number of aromatic nitrogens is 2. The SMILES string of the molecule is CC1(C)CC1c1noc(N)c1-c1ccncc1. The van der Waals surface area contributed by atoms with Gasteiger partial charge in [0.1, 0.15) is 0 Å². The number of rotatable bonds is 2. The Hall–Kier alpha value is -1.84. The van der Waals surface area contributed by atoms with Crippen molar-refractivity contribution in [1.29, 1.82) is 0 Å². The molecule has 4 nitrogen and oxygen atoms in total. The number of hydrogen-bond donors (Lipinski definition) is 1. The highest BCUT2D eigenvalue weighted by molar-refractivity contribution is 5.75. The highest BCUT2D eigenvalue weighted by atomic mass is 16.5. The minimum Gasteiger partial charge on any atom is -0.367 e. The number of pyridine rings is 1. The van der Waals surface area contributed by atoms with Crippen molar-refractivity contribution in [3.05, 3.63) is 30.2 Å². The van der Waals surface area contributed by atoms with Crippen LogP contribution in [0.5, 0.6) is 0 Å². The Morgan fingerprint density at radius 1 is 1.35 bits per heavy atom. The van der Waals surface area contributed by atoms with Gasteiger partial charge in [-0.1, -0.05) is 19.0 Å². The summed E-state index contributed by atoms with van der Waals surface area (Å²) in [5.74, 6) is 0.848. The quantitative estimate of drug-likeness (QED) is 0.860. The van der Waals surface area contributed by atoms with Gasteiger partial charge in [-0.25, -0.2) is 0 Å². The molecular formula is C13H15N3O. The maximum absolute atomic E-state index is 5.88. The second-order valence-electron chi connectivity index (χ2n) is 5.29. The van der Waals surface area contributed by atoms with Crippen LogP contribution in [-0.4, -0.2) is 10.1 Å². The van der Waals surface area contributed by atoms with E-state index in [1.807, 2.05) is 12.1 Å². The summed E-state index contributed by atoms with van der Waals surface area (Å²) in [7, 11) is 0. The molecule has 2 heterocycles. The van der Waals surface area contributed by atoms with Gasteiger partial charge < -0.3 is 10.3 Å². The topological polar surface area (TPSA) is 64.9 Å². The largest absolute Gasteiger partial charge is 0.367 e. The van der Waals surface area contributed by atoms with Crippen LogP contribution in [0.3, 0.4) is 0 Å². The number of anilines is 1. The van der Waals surface area contributed by atoms with Crippen molar-refractivity contribution in [1.82, 2.24) is 10.1 Å². The van der Waals surface area contributed by atoms with Gasteiger partial charge in [-0.05, 0) is 29.5 Å². The van der Waals surface area contributed by atoms with E-state index < -0.39 is 0 Å². The summed E-state index contributed by atoms with van der Waals surface area (Å²) in [4.78, 5) is 4.01. The molecule has 4 heteroatoms. The fraction of sp³-hybridized carbons (Fsp3) is 0.385. The molecular weight excluding hydrogens is 214 g/mol. The Morgan fingerprint density at radius 3 is 2.59 bits per heavy atom. The summed E-state index contributed by atoms with van der Waals surface area (Å²) >= 11 is 0. The van der Waals surface area contributed by atoms with Crippen LogP contribution in [-0.2, 0) is 0 Å². The molecule has 0 radical (unpaired) electrons. The first-order valence-corrected chi connectivity index (χ1v) is 5.75. The number of hydrogen-bond acceptors (Lipinski definition) is 4. The third kappa shape index (κ3) is 1.60. The lowest BCUT2D eigenvalue weighted by Gasteiger charge is -2.03. The average molecular weight is 229 g/mol. The summed E-state index contributed by atoms with van der Waals surface area (Å²) in [5.41, 5.74) is 9.13. The van der Waals surface area contributed by atoms with Crippen LogP contribution >= 0.6 is 0 Å². The maximum Gasteiger partial charge on any atom is 0.230 e. The van der Waals surface area contributed by atoms with Crippen molar-refractivity contribution in [3.8, 4) is 11.1 Å². The van der Waals surface area contributed by atoms with E-state index in [4.69, 9.17) is 10.3 Å². The molecule has 17 heavy (non-hydrogen) atoms. The summed E-state index contributed by atoms with van der Waals surface area (Å²) in [6, 6.07) is 3.86. The number of nitrogens with two attached hydrogens (primary N) is 1. The molecule has 88 valence electrons. The minimum atomic E-state index is 0.311. The molecule has 0 amide bonds. The smallest absolute Gasteiger partial charge is 0.230 e. The first-order chi connectivity index (χ1) is 8.09. The monoisotopic (exact) mass is 229 g/mol. The van der Waals surface area contributed by atoms with Gasteiger partial charge >= 0.3 is 0 Å². The van der Waals surface area contributed by atoms with E-state index in [-0.39, 0.29) is 0 Å². The van der Waals surface area contributed by atoms with Crippen molar-refractivity contribution < 1.29 is 4.52 Å². The van der Waals surface area contributed by atoms with Crippen LogP contribution in [0.4, 0.5) is 5.88 Å². The van der Waals surface area contributed by atoms with Gasteiger partial charge in [0.15, 0.2) is 0 Å². The fourth-order valence-electron chi connectivity index (χ4n) is 2.30. The molecule has 1 aliphatic carbocycles. The molecule has 2 aromatic rings. The third-order valence-electron chi connectivity index (χ3n) is 3.56. The Labute approximate surface area is 99.8 Å². The van der Waals surface area contributed by atoms with E-state index in [1.54, 1.807) is 12.4 Å². The highest BCUT2D eigenvalue weighted by Gasteiger charge is 2.49. The molecule has 2 N–H and O–H groups in total. The van der Waals surface area contributed by atoms with Crippen molar-refractivity contribution in [3.63, 3.8) is 0 Å². The van der Waals surface area contributed by atoms with Crippen molar-refractivity contribution >= 4 is 5.88 Å². The molecule has 1 fully saturated rings. The van der Waals surface area contributed by atoms with Gasteiger partial charge in [-0.15, -0.1) is 0 Å². The fourth-order valence-corrected chi connectivity index (χ4v) is 2.30. The zero-order valence-electron chi connectivity index (χ0n) is 9.97. The maximum atomic E-state index is 5.88. The Kier molecular flexibility index (Phi) is 2.02. The van der Waals surface area contributed by atoms with E-state index in [1.165, 1.54) is 0 Å². The summed E-state index contributed by atoms with van der Waals surface area (Å²) in [5, 5.41) is 4.13. The van der Waals surface area contributed by atoms with Crippen LogP contribution in [0, 0.1) is 5.41 Å².